The summed E-state index contributed by atoms with van der Waals surface area (Å²) >= 11 is 0. The minimum Gasteiger partial charge on any atom is -0.507 e. The monoisotopic (exact) mass is 322 g/mol. The number of unbranched alkanes of at least 4 members (excludes halogenated alkanes) is 5. The minimum absolute atomic E-state index is 0.0320. The second kappa shape index (κ2) is 9.82. The summed E-state index contributed by atoms with van der Waals surface area (Å²) in [5, 5.41) is 13.7. The lowest BCUT2D eigenvalue weighted by Crippen LogP contribution is -2.21. The van der Waals surface area contributed by atoms with E-state index < -0.39 is 5.63 Å². The van der Waals surface area contributed by atoms with Gasteiger partial charge in [0.15, 0.2) is 0 Å². The highest BCUT2D eigenvalue weighted by atomic mass is 16.4. The summed E-state index contributed by atoms with van der Waals surface area (Å²) < 4.78 is 4.92. The van der Waals surface area contributed by atoms with Crippen LogP contribution in [0.15, 0.2) is 20.4 Å². The molecule has 1 aromatic heterocycles. The number of hydrogen-bond acceptors (Lipinski definition) is 5. The normalized spacial score (nSPS) is 11.5. The molecule has 6 nitrogen and oxygen atoms in total. The highest BCUT2D eigenvalue weighted by Gasteiger charge is 2.13. The number of aryl methyl sites for hydroxylation is 1. The van der Waals surface area contributed by atoms with Crippen molar-refractivity contribution in [3.05, 3.63) is 27.8 Å². The van der Waals surface area contributed by atoms with E-state index in [1.807, 2.05) is 0 Å². The Hall–Kier alpha value is -2.11. The molecule has 0 spiro atoms. The second-order valence-electron chi connectivity index (χ2n) is 5.65. The Kier molecular flexibility index (Phi) is 8.08. The number of hydrogen-bond donors (Lipinski definition) is 2. The molecule has 0 saturated heterocycles. The summed E-state index contributed by atoms with van der Waals surface area (Å²) in [7, 11) is 0. The smallest absolute Gasteiger partial charge is 0.348 e. The van der Waals surface area contributed by atoms with Crippen LogP contribution < -0.4 is 11.1 Å². The molecule has 0 unspecified atom stereocenters. The van der Waals surface area contributed by atoms with Crippen LogP contribution in [0.5, 0.6) is 5.75 Å². The molecule has 0 aliphatic carbocycles. The molecule has 1 aromatic rings. The number of carbonyl (C=O) groups is 1. The van der Waals surface area contributed by atoms with Crippen molar-refractivity contribution in [3.63, 3.8) is 0 Å². The van der Waals surface area contributed by atoms with Crippen LogP contribution >= 0.6 is 0 Å². The molecule has 6 heteroatoms. The number of carbonyl (C=O) groups excluding carboxylic acids is 1. The van der Waals surface area contributed by atoms with Gasteiger partial charge >= 0.3 is 5.63 Å². The first-order valence-electron chi connectivity index (χ1n) is 8.13. The summed E-state index contributed by atoms with van der Waals surface area (Å²) in [4.78, 5) is 23.4. The molecule has 0 aromatic carbocycles. The zero-order chi connectivity index (χ0) is 17.2. The molecule has 128 valence electrons. The molecular formula is C17H26N2O4. The standard InChI is InChI=1S/C17H26N2O4/c1-4-5-6-7-8-9-10-15(21)19-18-13(3)16-14(20)11-12(2)23-17(16)22/h11,20H,4-10H2,1-3H3,(H,19,21). The Labute approximate surface area is 136 Å². The fraction of sp³-hybridized carbons (Fsp3) is 0.588. The van der Waals surface area contributed by atoms with E-state index in [-0.39, 0.29) is 22.9 Å². The van der Waals surface area contributed by atoms with Gasteiger partial charge < -0.3 is 9.52 Å². The maximum atomic E-state index is 11.7. The Morgan fingerprint density at radius 3 is 2.57 bits per heavy atom. The average Bonchev–Trinajstić information content (AvgIpc) is 2.47. The minimum atomic E-state index is -0.672. The molecule has 2 N–H and O–H groups in total. The first-order valence-corrected chi connectivity index (χ1v) is 8.13. The number of aromatic hydroxyl groups is 1. The van der Waals surface area contributed by atoms with Crippen molar-refractivity contribution in [3.8, 4) is 5.75 Å². The molecule has 0 aliphatic rings. The van der Waals surface area contributed by atoms with Crippen molar-refractivity contribution < 1.29 is 14.3 Å². The molecule has 23 heavy (non-hydrogen) atoms. The maximum Gasteiger partial charge on any atom is 0.348 e. The SMILES string of the molecule is CCCCCCCCC(=O)NN=C(C)c1c(O)cc(C)oc1=O. The summed E-state index contributed by atoms with van der Waals surface area (Å²) in [6.45, 7) is 5.27. The Balaban J connectivity index is 2.48. The fourth-order valence-electron chi connectivity index (χ4n) is 2.25. The lowest BCUT2D eigenvalue weighted by molar-refractivity contribution is -0.121. The van der Waals surface area contributed by atoms with E-state index in [0.29, 0.717) is 12.2 Å². The Morgan fingerprint density at radius 2 is 1.91 bits per heavy atom. The highest BCUT2D eigenvalue weighted by Crippen LogP contribution is 2.15. The molecular weight excluding hydrogens is 296 g/mol. The molecule has 0 atom stereocenters. The van der Waals surface area contributed by atoms with Crippen LogP contribution in [0.25, 0.3) is 0 Å². The van der Waals surface area contributed by atoms with E-state index in [4.69, 9.17) is 4.42 Å². The summed E-state index contributed by atoms with van der Waals surface area (Å²) in [6, 6.07) is 1.34. The Morgan fingerprint density at radius 1 is 1.26 bits per heavy atom. The van der Waals surface area contributed by atoms with Crippen LogP contribution in [0.2, 0.25) is 0 Å². The van der Waals surface area contributed by atoms with Crippen LogP contribution in [0, 0.1) is 6.92 Å². The van der Waals surface area contributed by atoms with Gasteiger partial charge in [-0.05, 0) is 20.3 Å². The fourth-order valence-corrected chi connectivity index (χ4v) is 2.25. The third-order valence-corrected chi connectivity index (χ3v) is 3.52. The number of nitrogens with one attached hydrogen (secondary N) is 1. The van der Waals surface area contributed by atoms with Gasteiger partial charge in [-0.1, -0.05) is 39.0 Å². The molecule has 0 bridgehead atoms. The predicted octanol–water partition coefficient (Wildman–Crippen LogP) is 3.24. The number of nitrogens with zero attached hydrogens (tertiary/aromatic N) is 1. The second-order valence-corrected chi connectivity index (χ2v) is 5.65. The van der Waals surface area contributed by atoms with Crippen LogP contribution in [-0.2, 0) is 4.79 Å². The van der Waals surface area contributed by atoms with Crippen LogP contribution in [0.3, 0.4) is 0 Å². The molecule has 0 saturated carbocycles. The molecule has 1 heterocycles. The van der Waals surface area contributed by atoms with Gasteiger partial charge in [0.25, 0.3) is 0 Å². The van der Waals surface area contributed by atoms with E-state index in [1.165, 1.54) is 32.3 Å². The van der Waals surface area contributed by atoms with Crippen molar-refractivity contribution in [1.29, 1.82) is 0 Å². The van der Waals surface area contributed by atoms with Gasteiger partial charge in [-0.25, -0.2) is 10.2 Å². The van der Waals surface area contributed by atoms with Crippen LogP contribution in [-0.4, -0.2) is 16.7 Å². The summed E-state index contributed by atoms with van der Waals surface area (Å²) in [6.07, 6.45) is 7.03. The van der Waals surface area contributed by atoms with Gasteiger partial charge in [0, 0.05) is 12.5 Å². The topological polar surface area (TPSA) is 91.9 Å². The largest absolute Gasteiger partial charge is 0.507 e. The van der Waals surface area contributed by atoms with Gasteiger partial charge in [-0.15, -0.1) is 0 Å². The van der Waals surface area contributed by atoms with Gasteiger partial charge in [-0.3, -0.25) is 4.79 Å². The molecule has 0 radical (unpaired) electrons. The average molecular weight is 322 g/mol. The summed E-state index contributed by atoms with van der Waals surface area (Å²) in [5.41, 5.74) is 1.92. The van der Waals surface area contributed by atoms with Gasteiger partial charge in [0.1, 0.15) is 17.1 Å². The molecule has 1 amide bonds. The lowest BCUT2D eigenvalue weighted by atomic mass is 10.1. The zero-order valence-electron chi connectivity index (χ0n) is 14.1. The highest BCUT2D eigenvalue weighted by molar-refractivity contribution is 6.01. The van der Waals surface area contributed by atoms with Crippen molar-refractivity contribution in [2.24, 2.45) is 5.10 Å². The predicted molar refractivity (Wildman–Crippen MR) is 89.7 cm³/mol. The molecule has 1 rings (SSSR count). The van der Waals surface area contributed by atoms with Crippen LogP contribution in [0.1, 0.15) is 70.1 Å². The molecule has 0 aliphatic heterocycles. The van der Waals surface area contributed by atoms with Gasteiger partial charge in [-0.2, -0.15) is 5.10 Å². The van der Waals surface area contributed by atoms with Gasteiger partial charge in [0.2, 0.25) is 5.91 Å². The quantitative estimate of drug-likeness (QED) is 0.415. The third-order valence-electron chi connectivity index (χ3n) is 3.52. The first kappa shape index (κ1) is 18.9. The van der Waals surface area contributed by atoms with E-state index in [1.54, 1.807) is 6.92 Å². The Bertz CT molecular complexity index is 605. The third kappa shape index (κ3) is 6.67. The number of rotatable bonds is 9. The van der Waals surface area contributed by atoms with Gasteiger partial charge in [0.05, 0.1) is 5.71 Å². The van der Waals surface area contributed by atoms with E-state index >= 15 is 0 Å². The maximum absolute atomic E-state index is 11.7. The van der Waals surface area contributed by atoms with Crippen molar-refractivity contribution in [2.75, 3.05) is 0 Å². The van der Waals surface area contributed by atoms with E-state index in [2.05, 4.69) is 17.5 Å². The van der Waals surface area contributed by atoms with Crippen LogP contribution in [0.4, 0.5) is 0 Å². The van der Waals surface area contributed by atoms with Crippen molar-refractivity contribution in [1.82, 2.24) is 5.43 Å². The molecule has 0 fully saturated rings. The first-order chi connectivity index (χ1) is 11.0. The number of hydrazone groups is 1. The van der Waals surface area contributed by atoms with Crippen molar-refractivity contribution >= 4 is 11.6 Å². The lowest BCUT2D eigenvalue weighted by Gasteiger charge is -2.04. The van der Waals surface area contributed by atoms with E-state index in [0.717, 1.165) is 19.3 Å². The van der Waals surface area contributed by atoms with Crippen molar-refractivity contribution in [2.45, 2.75) is 65.7 Å². The zero-order valence-corrected chi connectivity index (χ0v) is 14.1. The summed E-state index contributed by atoms with van der Waals surface area (Å²) in [5.74, 6) is -0.0860. The van der Waals surface area contributed by atoms with E-state index in [9.17, 15) is 14.7 Å². The number of amides is 1.